The number of rotatable bonds is 5. The first-order chi connectivity index (χ1) is 11.9. The van der Waals surface area contributed by atoms with Crippen molar-refractivity contribution in [2.24, 2.45) is 5.92 Å². The van der Waals surface area contributed by atoms with Gasteiger partial charge in [0, 0.05) is 34.8 Å². The van der Waals surface area contributed by atoms with Gasteiger partial charge in [-0.05, 0) is 43.9 Å². The van der Waals surface area contributed by atoms with Crippen LogP contribution in [0, 0.1) is 19.8 Å². The van der Waals surface area contributed by atoms with Crippen LogP contribution in [0.3, 0.4) is 0 Å². The highest BCUT2D eigenvalue weighted by Crippen LogP contribution is 2.48. The Kier molecular flexibility index (Phi) is 5.13. The molecule has 0 unspecified atom stereocenters. The van der Waals surface area contributed by atoms with Crippen LogP contribution in [-0.2, 0) is 11.3 Å². The van der Waals surface area contributed by atoms with Crippen molar-refractivity contribution in [1.82, 2.24) is 9.88 Å². The van der Waals surface area contributed by atoms with Gasteiger partial charge in [-0.25, -0.2) is 0 Å². The van der Waals surface area contributed by atoms with Gasteiger partial charge in [0.1, 0.15) is 5.75 Å². The van der Waals surface area contributed by atoms with Crippen LogP contribution in [0.25, 0.3) is 0 Å². The summed E-state index contributed by atoms with van der Waals surface area (Å²) in [5.41, 5.74) is 4.13. The summed E-state index contributed by atoms with van der Waals surface area (Å²) in [5.74, 6) is 1.44. The molecule has 0 bridgehead atoms. The Labute approximate surface area is 157 Å². The van der Waals surface area contributed by atoms with Gasteiger partial charge in [0.25, 0.3) is 0 Å². The summed E-state index contributed by atoms with van der Waals surface area (Å²) >= 11 is 3.50. The van der Waals surface area contributed by atoms with Crippen LogP contribution >= 0.6 is 15.9 Å². The number of aromatic nitrogens is 1. The highest BCUT2D eigenvalue weighted by molar-refractivity contribution is 9.10. The maximum atomic E-state index is 12.8. The Morgan fingerprint density at radius 1 is 1.40 bits per heavy atom. The molecule has 2 atom stereocenters. The molecule has 1 fully saturated rings. The molecular weight excluding hydrogens is 380 g/mol. The molecule has 5 heteroatoms. The second-order valence-corrected chi connectivity index (χ2v) is 7.66. The molecule has 4 nitrogen and oxygen atoms in total. The first-order valence-electron chi connectivity index (χ1n) is 8.42. The van der Waals surface area contributed by atoms with Crippen LogP contribution in [-0.4, -0.2) is 29.9 Å². The fourth-order valence-corrected chi connectivity index (χ4v) is 3.81. The molecule has 1 amide bonds. The van der Waals surface area contributed by atoms with Gasteiger partial charge in [-0.2, -0.15) is 0 Å². The van der Waals surface area contributed by atoms with Crippen molar-refractivity contribution in [3.8, 4) is 5.75 Å². The van der Waals surface area contributed by atoms with Gasteiger partial charge in [-0.15, -0.1) is 0 Å². The zero-order chi connectivity index (χ0) is 18.1. The van der Waals surface area contributed by atoms with E-state index in [0.717, 1.165) is 33.5 Å². The molecule has 1 aromatic carbocycles. The van der Waals surface area contributed by atoms with Gasteiger partial charge >= 0.3 is 0 Å². The molecule has 0 spiro atoms. The van der Waals surface area contributed by atoms with Crippen LogP contribution < -0.4 is 4.74 Å². The number of carbonyl (C=O) groups is 1. The average Bonchev–Trinajstić information content (AvgIpc) is 3.38. The fourth-order valence-electron chi connectivity index (χ4n) is 3.39. The van der Waals surface area contributed by atoms with E-state index in [1.165, 1.54) is 5.56 Å². The third kappa shape index (κ3) is 3.71. The summed E-state index contributed by atoms with van der Waals surface area (Å²) in [5, 5.41) is 0. The van der Waals surface area contributed by atoms with E-state index in [9.17, 15) is 4.79 Å². The highest BCUT2D eigenvalue weighted by atomic mass is 79.9. The summed E-state index contributed by atoms with van der Waals surface area (Å²) < 4.78 is 6.51. The Balaban J connectivity index is 1.68. The lowest BCUT2D eigenvalue weighted by atomic mass is 10.1. The second-order valence-electron chi connectivity index (χ2n) is 6.74. The minimum Gasteiger partial charge on any atom is -0.496 e. The number of methoxy groups -OCH3 is 1. The molecule has 0 saturated heterocycles. The largest absolute Gasteiger partial charge is 0.496 e. The number of nitrogens with zero attached hydrogens (tertiary/aromatic N) is 2. The van der Waals surface area contributed by atoms with E-state index in [1.807, 2.05) is 33.0 Å². The predicted molar refractivity (Wildman–Crippen MR) is 102 cm³/mol. The number of halogens is 1. The summed E-state index contributed by atoms with van der Waals surface area (Å²) in [6.07, 6.45) is 2.73. The molecule has 1 aromatic heterocycles. The van der Waals surface area contributed by atoms with Gasteiger partial charge in [0.05, 0.1) is 19.3 Å². The average molecular weight is 403 g/mol. The van der Waals surface area contributed by atoms with Crippen molar-refractivity contribution >= 4 is 21.8 Å². The fraction of sp³-hybridized carbons (Fsp3) is 0.400. The number of pyridine rings is 1. The second kappa shape index (κ2) is 7.16. The predicted octanol–water partition coefficient (Wildman–Crippen LogP) is 4.23. The Bertz CT molecular complexity index is 806. The minimum absolute atomic E-state index is 0.0759. The van der Waals surface area contributed by atoms with Crippen LogP contribution in [0.1, 0.15) is 34.7 Å². The number of benzene rings is 1. The lowest BCUT2D eigenvalue weighted by molar-refractivity contribution is -0.131. The Hall–Kier alpha value is -1.88. The first kappa shape index (κ1) is 17.9. The number of aryl methyl sites for hydroxylation is 1. The molecule has 1 aliphatic carbocycles. The van der Waals surface area contributed by atoms with E-state index in [-0.39, 0.29) is 11.8 Å². The van der Waals surface area contributed by atoms with Crippen molar-refractivity contribution in [3.05, 3.63) is 57.3 Å². The van der Waals surface area contributed by atoms with E-state index >= 15 is 0 Å². The Morgan fingerprint density at radius 2 is 2.16 bits per heavy atom. The van der Waals surface area contributed by atoms with E-state index < -0.39 is 0 Å². The topological polar surface area (TPSA) is 42.4 Å². The monoisotopic (exact) mass is 402 g/mol. The van der Waals surface area contributed by atoms with Crippen LogP contribution in [0.5, 0.6) is 5.75 Å². The zero-order valence-corrected chi connectivity index (χ0v) is 16.6. The molecule has 0 N–H and O–H groups in total. The summed E-state index contributed by atoms with van der Waals surface area (Å²) in [6, 6.07) is 8.23. The van der Waals surface area contributed by atoms with Gasteiger partial charge < -0.3 is 9.64 Å². The zero-order valence-electron chi connectivity index (χ0n) is 15.0. The van der Waals surface area contributed by atoms with E-state index in [0.29, 0.717) is 12.5 Å². The van der Waals surface area contributed by atoms with Crippen LogP contribution in [0.2, 0.25) is 0 Å². The summed E-state index contributed by atoms with van der Waals surface area (Å²) in [6.45, 7) is 4.47. The smallest absolute Gasteiger partial charge is 0.226 e. The van der Waals surface area contributed by atoms with Crippen molar-refractivity contribution in [3.63, 3.8) is 0 Å². The number of amides is 1. The molecule has 132 valence electrons. The highest BCUT2D eigenvalue weighted by Gasteiger charge is 2.45. The van der Waals surface area contributed by atoms with Crippen molar-refractivity contribution < 1.29 is 9.53 Å². The lowest BCUT2D eigenvalue weighted by Crippen LogP contribution is -2.28. The first-order valence-corrected chi connectivity index (χ1v) is 9.21. The normalized spacial score (nSPS) is 18.8. The van der Waals surface area contributed by atoms with Gasteiger partial charge in [-0.3, -0.25) is 9.78 Å². The van der Waals surface area contributed by atoms with E-state index in [2.05, 4.69) is 33.0 Å². The lowest BCUT2D eigenvalue weighted by Gasteiger charge is -2.19. The standard InChI is InChI=1S/C20H23BrN2O2/c1-12-10-22-18(13(2)19(12)25-4)11-23(3)20(24)17-9-16(17)14-6-5-7-15(21)8-14/h5-8,10,16-17H,9,11H2,1-4H3/t16-,17-/m1/s1. The quantitative estimate of drug-likeness (QED) is 0.751. The van der Waals surface area contributed by atoms with Crippen molar-refractivity contribution in [2.45, 2.75) is 32.7 Å². The molecule has 2 aromatic rings. The summed E-state index contributed by atoms with van der Waals surface area (Å²) in [4.78, 5) is 19.0. The molecule has 3 rings (SSSR count). The third-order valence-corrected chi connectivity index (χ3v) is 5.39. The maximum Gasteiger partial charge on any atom is 0.226 e. The SMILES string of the molecule is COc1c(C)cnc(CN(C)C(=O)[C@@H]2C[C@@H]2c2cccc(Br)c2)c1C. The number of hydrogen-bond donors (Lipinski definition) is 0. The molecule has 1 saturated carbocycles. The molecule has 0 aliphatic heterocycles. The van der Waals surface area contributed by atoms with E-state index in [1.54, 1.807) is 18.2 Å². The summed E-state index contributed by atoms with van der Waals surface area (Å²) in [7, 11) is 3.52. The maximum absolute atomic E-state index is 12.8. The number of carbonyl (C=O) groups excluding carboxylic acids is 1. The van der Waals surface area contributed by atoms with Gasteiger partial charge in [0.2, 0.25) is 5.91 Å². The van der Waals surface area contributed by atoms with Crippen molar-refractivity contribution in [2.75, 3.05) is 14.2 Å². The van der Waals surface area contributed by atoms with Gasteiger partial charge in [0.15, 0.2) is 0 Å². The third-order valence-electron chi connectivity index (χ3n) is 4.90. The van der Waals surface area contributed by atoms with Gasteiger partial charge in [-0.1, -0.05) is 28.1 Å². The van der Waals surface area contributed by atoms with Crippen molar-refractivity contribution in [1.29, 1.82) is 0 Å². The van der Waals surface area contributed by atoms with Crippen LogP contribution in [0.4, 0.5) is 0 Å². The van der Waals surface area contributed by atoms with E-state index in [4.69, 9.17) is 4.74 Å². The molecule has 0 radical (unpaired) electrons. The minimum atomic E-state index is 0.0759. The number of hydrogen-bond acceptors (Lipinski definition) is 3. The Morgan fingerprint density at radius 3 is 2.84 bits per heavy atom. The van der Waals surface area contributed by atoms with Crippen LogP contribution in [0.15, 0.2) is 34.9 Å². The molecular formula is C20H23BrN2O2. The number of ether oxygens (including phenoxy) is 1. The molecule has 1 aliphatic rings. The molecule has 25 heavy (non-hydrogen) atoms. The molecule has 1 heterocycles.